The second kappa shape index (κ2) is 8.24. The van der Waals surface area contributed by atoms with Crippen molar-refractivity contribution in [1.29, 1.82) is 0 Å². The zero-order valence-corrected chi connectivity index (χ0v) is 17.9. The first-order valence-electron chi connectivity index (χ1n) is 9.74. The molecular formula is C25H17BrN2O3. The van der Waals surface area contributed by atoms with E-state index in [1.807, 2.05) is 60.7 Å². The maximum atomic E-state index is 12.6. The van der Waals surface area contributed by atoms with Gasteiger partial charge in [-0.1, -0.05) is 58.4 Å². The molecule has 6 heteroatoms. The average Bonchev–Trinajstić information content (AvgIpc) is 3.42. The number of rotatable bonds is 5. The molecule has 5 nitrogen and oxygen atoms in total. The van der Waals surface area contributed by atoms with E-state index in [9.17, 15) is 4.79 Å². The predicted molar refractivity (Wildman–Crippen MR) is 123 cm³/mol. The minimum Gasteiger partial charge on any atom is -0.451 e. The van der Waals surface area contributed by atoms with E-state index in [4.69, 9.17) is 8.83 Å². The molecule has 0 saturated heterocycles. The second-order valence-electron chi connectivity index (χ2n) is 7.08. The summed E-state index contributed by atoms with van der Waals surface area (Å²) >= 11 is 3.41. The van der Waals surface area contributed by atoms with E-state index in [-0.39, 0.29) is 11.7 Å². The van der Waals surface area contributed by atoms with Gasteiger partial charge < -0.3 is 14.2 Å². The Kier molecular flexibility index (Phi) is 5.14. The van der Waals surface area contributed by atoms with Gasteiger partial charge in [-0.05, 0) is 48.0 Å². The van der Waals surface area contributed by atoms with Crippen LogP contribution in [0.1, 0.15) is 22.0 Å². The van der Waals surface area contributed by atoms with Gasteiger partial charge in [-0.3, -0.25) is 4.79 Å². The Hall–Kier alpha value is -3.64. The van der Waals surface area contributed by atoms with Gasteiger partial charge in [0.1, 0.15) is 11.3 Å². The van der Waals surface area contributed by atoms with Gasteiger partial charge in [0.2, 0.25) is 0 Å². The highest BCUT2D eigenvalue weighted by atomic mass is 79.9. The summed E-state index contributed by atoms with van der Waals surface area (Å²) < 4.78 is 12.6. The van der Waals surface area contributed by atoms with Crippen LogP contribution < -0.4 is 5.32 Å². The first kappa shape index (κ1) is 19.3. The fraction of sp³-hybridized carbons (Fsp3) is 0.0400. The molecule has 2 heterocycles. The fourth-order valence-electron chi connectivity index (χ4n) is 3.32. The number of nitrogens with one attached hydrogen (secondary N) is 1. The SMILES string of the molecule is O=C(Nc1ccc2oc(Cc3ccccc3)nc2c1)c1ccc(-c2ccc(Br)cc2)o1. The molecule has 0 aliphatic heterocycles. The Morgan fingerprint density at radius 2 is 1.71 bits per heavy atom. The molecular weight excluding hydrogens is 456 g/mol. The molecule has 0 bridgehead atoms. The number of carbonyl (C=O) groups excluding carboxylic acids is 1. The van der Waals surface area contributed by atoms with Gasteiger partial charge in [0.05, 0.1) is 0 Å². The second-order valence-corrected chi connectivity index (χ2v) is 7.99. The van der Waals surface area contributed by atoms with Gasteiger partial charge in [-0.15, -0.1) is 0 Å². The summed E-state index contributed by atoms with van der Waals surface area (Å²) in [5.41, 5.74) is 4.02. The maximum Gasteiger partial charge on any atom is 0.291 e. The van der Waals surface area contributed by atoms with Crippen molar-refractivity contribution in [1.82, 2.24) is 4.98 Å². The van der Waals surface area contributed by atoms with Crippen LogP contribution in [-0.2, 0) is 6.42 Å². The number of fused-ring (bicyclic) bond motifs is 1. The Morgan fingerprint density at radius 3 is 2.52 bits per heavy atom. The van der Waals surface area contributed by atoms with E-state index >= 15 is 0 Å². The Bertz CT molecular complexity index is 1350. The van der Waals surface area contributed by atoms with Crippen LogP contribution in [0.25, 0.3) is 22.4 Å². The van der Waals surface area contributed by atoms with Crippen LogP contribution in [-0.4, -0.2) is 10.9 Å². The van der Waals surface area contributed by atoms with Crippen LogP contribution in [0.3, 0.4) is 0 Å². The minimum atomic E-state index is -0.323. The molecule has 0 spiro atoms. The Labute approximate surface area is 186 Å². The molecule has 1 amide bonds. The molecule has 0 unspecified atom stereocenters. The lowest BCUT2D eigenvalue weighted by Crippen LogP contribution is -2.10. The summed E-state index contributed by atoms with van der Waals surface area (Å²) in [6.45, 7) is 0. The molecule has 1 N–H and O–H groups in total. The zero-order valence-electron chi connectivity index (χ0n) is 16.3. The summed E-state index contributed by atoms with van der Waals surface area (Å²) in [6, 6.07) is 26.6. The molecule has 0 aliphatic carbocycles. The van der Waals surface area contributed by atoms with Crippen LogP contribution in [0.4, 0.5) is 5.69 Å². The lowest BCUT2D eigenvalue weighted by molar-refractivity contribution is 0.0997. The fourth-order valence-corrected chi connectivity index (χ4v) is 3.59. The normalized spacial score (nSPS) is 11.0. The van der Waals surface area contributed by atoms with Crippen molar-refractivity contribution < 1.29 is 13.6 Å². The number of amides is 1. The first-order chi connectivity index (χ1) is 15.1. The molecule has 0 radical (unpaired) electrons. The van der Waals surface area contributed by atoms with Crippen LogP contribution >= 0.6 is 15.9 Å². The van der Waals surface area contributed by atoms with Crippen LogP contribution in [0.2, 0.25) is 0 Å². The topological polar surface area (TPSA) is 68.3 Å². The third kappa shape index (κ3) is 4.29. The van der Waals surface area contributed by atoms with Gasteiger partial charge in [-0.25, -0.2) is 4.98 Å². The van der Waals surface area contributed by atoms with E-state index in [1.54, 1.807) is 24.3 Å². The standard InChI is InChI=1S/C25H17BrN2O3/c26-18-8-6-17(7-9-18)21-12-13-23(30-21)25(29)27-19-10-11-22-20(15-19)28-24(31-22)14-16-4-2-1-3-5-16/h1-13,15H,14H2,(H,27,29). The van der Waals surface area contributed by atoms with Gasteiger partial charge in [0.25, 0.3) is 5.91 Å². The summed E-state index contributed by atoms with van der Waals surface area (Å²) in [5.74, 6) is 1.18. The third-order valence-electron chi connectivity index (χ3n) is 4.85. The van der Waals surface area contributed by atoms with E-state index < -0.39 is 0 Å². The van der Waals surface area contributed by atoms with E-state index in [0.29, 0.717) is 34.9 Å². The highest BCUT2D eigenvalue weighted by molar-refractivity contribution is 9.10. The highest BCUT2D eigenvalue weighted by Gasteiger charge is 2.14. The Balaban J connectivity index is 1.32. The van der Waals surface area contributed by atoms with E-state index in [0.717, 1.165) is 15.6 Å². The number of nitrogens with zero attached hydrogens (tertiary/aromatic N) is 1. The predicted octanol–water partition coefficient (Wildman–Crippen LogP) is 6.69. The van der Waals surface area contributed by atoms with Gasteiger partial charge >= 0.3 is 0 Å². The quantitative estimate of drug-likeness (QED) is 0.309. The molecule has 0 fully saturated rings. The molecule has 5 rings (SSSR count). The molecule has 3 aromatic carbocycles. The lowest BCUT2D eigenvalue weighted by atomic mass is 10.1. The van der Waals surface area contributed by atoms with Gasteiger partial charge in [-0.2, -0.15) is 0 Å². The number of hydrogen-bond donors (Lipinski definition) is 1. The van der Waals surface area contributed by atoms with Crippen molar-refractivity contribution in [3.8, 4) is 11.3 Å². The number of oxazole rings is 1. The lowest BCUT2D eigenvalue weighted by Gasteiger charge is -2.03. The monoisotopic (exact) mass is 472 g/mol. The van der Waals surface area contributed by atoms with Crippen LogP contribution in [0.15, 0.2) is 98.2 Å². The van der Waals surface area contributed by atoms with Crippen molar-refractivity contribution in [2.75, 3.05) is 5.32 Å². The first-order valence-corrected chi connectivity index (χ1v) is 10.5. The number of carbonyl (C=O) groups is 1. The molecule has 2 aromatic heterocycles. The summed E-state index contributed by atoms with van der Waals surface area (Å²) in [5, 5.41) is 2.86. The van der Waals surface area contributed by atoms with Gasteiger partial charge in [0, 0.05) is 22.1 Å². The highest BCUT2D eigenvalue weighted by Crippen LogP contribution is 2.25. The number of benzene rings is 3. The number of anilines is 1. The molecule has 5 aromatic rings. The maximum absolute atomic E-state index is 12.6. The third-order valence-corrected chi connectivity index (χ3v) is 5.38. The van der Waals surface area contributed by atoms with Gasteiger partial charge in [0.15, 0.2) is 17.2 Å². The molecule has 0 aliphatic rings. The van der Waals surface area contributed by atoms with E-state index in [2.05, 4.69) is 26.2 Å². The molecule has 152 valence electrons. The summed E-state index contributed by atoms with van der Waals surface area (Å²) in [6.07, 6.45) is 0.614. The van der Waals surface area contributed by atoms with Crippen molar-refractivity contribution >= 4 is 38.6 Å². The van der Waals surface area contributed by atoms with Crippen molar-refractivity contribution in [3.63, 3.8) is 0 Å². The number of halogens is 1. The summed E-state index contributed by atoms with van der Waals surface area (Å²) in [4.78, 5) is 17.2. The summed E-state index contributed by atoms with van der Waals surface area (Å²) in [7, 11) is 0. The minimum absolute atomic E-state index is 0.239. The van der Waals surface area contributed by atoms with Crippen molar-refractivity contribution in [3.05, 3.63) is 107 Å². The largest absolute Gasteiger partial charge is 0.451 e. The van der Waals surface area contributed by atoms with Crippen molar-refractivity contribution in [2.45, 2.75) is 6.42 Å². The van der Waals surface area contributed by atoms with E-state index in [1.165, 1.54) is 0 Å². The average molecular weight is 473 g/mol. The zero-order chi connectivity index (χ0) is 21.2. The number of hydrogen-bond acceptors (Lipinski definition) is 4. The molecule has 0 atom stereocenters. The van der Waals surface area contributed by atoms with Crippen LogP contribution in [0, 0.1) is 0 Å². The molecule has 31 heavy (non-hydrogen) atoms. The van der Waals surface area contributed by atoms with Crippen molar-refractivity contribution in [2.24, 2.45) is 0 Å². The number of aromatic nitrogens is 1. The molecule has 0 saturated carbocycles. The van der Waals surface area contributed by atoms with Crippen LogP contribution in [0.5, 0.6) is 0 Å². The smallest absolute Gasteiger partial charge is 0.291 e. The Morgan fingerprint density at radius 1 is 0.903 bits per heavy atom. The number of furan rings is 1.